The van der Waals surface area contributed by atoms with Crippen molar-refractivity contribution < 1.29 is 14.6 Å². The lowest BCUT2D eigenvalue weighted by Gasteiger charge is -2.19. The zero-order valence-electron chi connectivity index (χ0n) is 11.4. The van der Waals surface area contributed by atoms with Crippen LogP contribution in [-0.2, 0) is 10.2 Å². The largest absolute Gasteiger partial charge is 0.489 e. The van der Waals surface area contributed by atoms with Crippen LogP contribution in [0, 0.1) is 0 Å². The second-order valence-corrected chi connectivity index (χ2v) is 5.39. The van der Waals surface area contributed by atoms with E-state index in [0.717, 1.165) is 11.8 Å². The molecule has 18 heavy (non-hydrogen) atoms. The van der Waals surface area contributed by atoms with Gasteiger partial charge in [0.2, 0.25) is 0 Å². The van der Waals surface area contributed by atoms with Crippen molar-refractivity contribution >= 4 is 5.97 Å². The molecule has 0 atom stereocenters. The van der Waals surface area contributed by atoms with Gasteiger partial charge in [-0.2, -0.15) is 0 Å². The summed E-state index contributed by atoms with van der Waals surface area (Å²) in [5, 5.41) is 8.58. The van der Waals surface area contributed by atoms with E-state index in [1.165, 1.54) is 5.56 Å². The molecule has 0 spiro atoms. The predicted molar refractivity (Wildman–Crippen MR) is 72.0 cm³/mol. The average Bonchev–Trinajstić information content (AvgIpc) is 2.25. The van der Waals surface area contributed by atoms with Crippen molar-refractivity contribution in [2.45, 2.75) is 33.1 Å². The lowest BCUT2D eigenvalue weighted by Crippen LogP contribution is -2.10. The first-order valence-corrected chi connectivity index (χ1v) is 5.92. The summed E-state index contributed by atoms with van der Waals surface area (Å²) in [5.74, 6) is -0.194. The fraction of sp³-hybridized carbons (Fsp3) is 0.400. The number of hydrogen-bond donors (Lipinski definition) is 1. The minimum absolute atomic E-state index is 0.123. The molecule has 0 bridgehead atoms. The number of ether oxygens (including phenoxy) is 1. The summed E-state index contributed by atoms with van der Waals surface area (Å²) in [6.07, 6.45) is 1.16. The van der Waals surface area contributed by atoms with E-state index < -0.39 is 5.97 Å². The summed E-state index contributed by atoms with van der Waals surface area (Å²) >= 11 is 0. The third-order valence-corrected chi connectivity index (χ3v) is 2.56. The van der Waals surface area contributed by atoms with Crippen molar-refractivity contribution in [3.63, 3.8) is 0 Å². The van der Waals surface area contributed by atoms with Gasteiger partial charge in [-0.05, 0) is 35.6 Å². The quantitative estimate of drug-likeness (QED) is 0.831. The molecule has 0 amide bonds. The molecule has 0 fully saturated rings. The van der Waals surface area contributed by atoms with Gasteiger partial charge in [0.1, 0.15) is 12.4 Å². The molecule has 1 aromatic rings. The molecule has 0 heterocycles. The van der Waals surface area contributed by atoms with Crippen molar-refractivity contribution in [3.05, 3.63) is 41.5 Å². The maximum absolute atomic E-state index is 10.4. The molecule has 0 aliphatic rings. The number of aliphatic carboxylic acids is 1. The van der Waals surface area contributed by atoms with Gasteiger partial charge in [0.05, 0.1) is 0 Å². The number of rotatable bonds is 4. The monoisotopic (exact) mass is 248 g/mol. The zero-order valence-corrected chi connectivity index (χ0v) is 11.4. The van der Waals surface area contributed by atoms with E-state index in [2.05, 4.69) is 20.8 Å². The molecule has 1 aromatic carbocycles. The van der Waals surface area contributed by atoms with Gasteiger partial charge in [-0.3, -0.25) is 0 Å². The van der Waals surface area contributed by atoms with Gasteiger partial charge < -0.3 is 9.84 Å². The highest BCUT2D eigenvalue weighted by Crippen LogP contribution is 2.24. The van der Waals surface area contributed by atoms with E-state index in [0.29, 0.717) is 12.2 Å². The summed E-state index contributed by atoms with van der Waals surface area (Å²) in [7, 11) is 0. The number of benzene rings is 1. The summed E-state index contributed by atoms with van der Waals surface area (Å²) in [6.45, 7) is 8.49. The van der Waals surface area contributed by atoms with E-state index in [1.807, 2.05) is 24.3 Å². The van der Waals surface area contributed by atoms with Gasteiger partial charge in [-0.1, -0.05) is 32.9 Å². The molecular formula is C15H20O3. The molecule has 0 saturated carbocycles. The molecule has 0 unspecified atom stereocenters. The SMILES string of the molecule is C/C(=C\C(=O)O)COc1ccc(C(C)(C)C)cc1. The molecule has 3 heteroatoms. The van der Waals surface area contributed by atoms with Crippen LogP contribution in [0.15, 0.2) is 35.9 Å². The fourth-order valence-corrected chi connectivity index (χ4v) is 1.50. The number of hydrogen-bond acceptors (Lipinski definition) is 2. The minimum atomic E-state index is -0.945. The Labute approximate surface area is 108 Å². The Kier molecular flexibility index (Phi) is 4.54. The Balaban J connectivity index is 2.63. The smallest absolute Gasteiger partial charge is 0.328 e. The minimum Gasteiger partial charge on any atom is -0.489 e. The summed E-state index contributed by atoms with van der Waals surface area (Å²) in [6, 6.07) is 7.89. The molecule has 3 nitrogen and oxygen atoms in total. The summed E-state index contributed by atoms with van der Waals surface area (Å²) in [4.78, 5) is 10.4. The molecule has 98 valence electrons. The summed E-state index contributed by atoms with van der Waals surface area (Å²) < 4.78 is 5.50. The van der Waals surface area contributed by atoms with Crippen molar-refractivity contribution in [3.8, 4) is 5.75 Å². The van der Waals surface area contributed by atoms with Crippen molar-refractivity contribution in [1.29, 1.82) is 0 Å². The molecule has 1 N–H and O–H groups in total. The van der Waals surface area contributed by atoms with Crippen LogP contribution in [0.2, 0.25) is 0 Å². The first-order valence-electron chi connectivity index (χ1n) is 5.92. The van der Waals surface area contributed by atoms with E-state index in [4.69, 9.17) is 9.84 Å². The molecule has 0 aromatic heterocycles. The maximum atomic E-state index is 10.4. The first-order chi connectivity index (χ1) is 8.29. The Morgan fingerprint density at radius 1 is 1.28 bits per heavy atom. The van der Waals surface area contributed by atoms with Crippen LogP contribution >= 0.6 is 0 Å². The van der Waals surface area contributed by atoms with Gasteiger partial charge in [-0.15, -0.1) is 0 Å². The first kappa shape index (κ1) is 14.3. The van der Waals surface area contributed by atoms with Gasteiger partial charge in [0, 0.05) is 6.08 Å². The van der Waals surface area contributed by atoms with Crippen molar-refractivity contribution in [1.82, 2.24) is 0 Å². The van der Waals surface area contributed by atoms with Gasteiger partial charge in [0.25, 0.3) is 0 Å². The van der Waals surface area contributed by atoms with Crippen LogP contribution < -0.4 is 4.74 Å². The molecule has 0 aliphatic heterocycles. The average molecular weight is 248 g/mol. The number of carbonyl (C=O) groups is 1. The molecule has 0 radical (unpaired) electrons. The van der Waals surface area contributed by atoms with Crippen molar-refractivity contribution in [2.24, 2.45) is 0 Å². The third-order valence-electron chi connectivity index (χ3n) is 2.56. The van der Waals surface area contributed by atoms with Crippen LogP contribution in [0.3, 0.4) is 0 Å². The fourth-order valence-electron chi connectivity index (χ4n) is 1.50. The molecule has 0 saturated heterocycles. The number of carboxylic acid groups (broad SMARTS) is 1. The Morgan fingerprint density at radius 3 is 2.28 bits per heavy atom. The maximum Gasteiger partial charge on any atom is 0.328 e. The van der Waals surface area contributed by atoms with E-state index in [1.54, 1.807) is 6.92 Å². The third kappa shape index (κ3) is 4.62. The van der Waals surface area contributed by atoms with Gasteiger partial charge in [-0.25, -0.2) is 4.79 Å². The molecule has 1 rings (SSSR count). The van der Waals surface area contributed by atoms with Crippen LogP contribution in [0.4, 0.5) is 0 Å². The van der Waals surface area contributed by atoms with Crippen LogP contribution in [0.25, 0.3) is 0 Å². The Hall–Kier alpha value is -1.77. The van der Waals surface area contributed by atoms with Crippen LogP contribution in [0.5, 0.6) is 5.75 Å². The van der Waals surface area contributed by atoms with Crippen LogP contribution in [-0.4, -0.2) is 17.7 Å². The van der Waals surface area contributed by atoms with E-state index in [9.17, 15) is 4.79 Å². The molecular weight excluding hydrogens is 228 g/mol. The Bertz CT molecular complexity index is 436. The zero-order chi connectivity index (χ0) is 13.8. The lowest BCUT2D eigenvalue weighted by atomic mass is 9.87. The molecule has 0 aliphatic carbocycles. The van der Waals surface area contributed by atoms with E-state index >= 15 is 0 Å². The lowest BCUT2D eigenvalue weighted by molar-refractivity contribution is -0.131. The second-order valence-electron chi connectivity index (χ2n) is 5.39. The van der Waals surface area contributed by atoms with Crippen LogP contribution in [0.1, 0.15) is 33.3 Å². The number of carboxylic acids is 1. The predicted octanol–water partition coefficient (Wildman–Crippen LogP) is 3.39. The summed E-state index contributed by atoms with van der Waals surface area (Å²) in [5.41, 5.74) is 2.05. The highest BCUT2D eigenvalue weighted by molar-refractivity contribution is 5.80. The topological polar surface area (TPSA) is 46.5 Å². The van der Waals surface area contributed by atoms with Gasteiger partial charge in [0.15, 0.2) is 0 Å². The normalized spacial score (nSPS) is 12.3. The standard InChI is InChI=1S/C15H20O3/c1-11(9-14(16)17)10-18-13-7-5-12(6-8-13)15(2,3)4/h5-9H,10H2,1-4H3,(H,16,17)/b11-9+. The highest BCUT2D eigenvalue weighted by atomic mass is 16.5. The van der Waals surface area contributed by atoms with Gasteiger partial charge >= 0.3 is 5.97 Å². The van der Waals surface area contributed by atoms with Crippen molar-refractivity contribution in [2.75, 3.05) is 6.61 Å². The highest BCUT2D eigenvalue weighted by Gasteiger charge is 2.12. The second kappa shape index (κ2) is 5.71. The van der Waals surface area contributed by atoms with E-state index in [-0.39, 0.29) is 5.41 Å². The Morgan fingerprint density at radius 2 is 1.83 bits per heavy atom.